The highest BCUT2D eigenvalue weighted by atomic mass is 32.2. The molecule has 164 valence electrons. The minimum absolute atomic E-state index is 0.0479. The predicted octanol–water partition coefficient (Wildman–Crippen LogP) is 2.59. The number of benzene rings is 1. The molecule has 1 fully saturated rings. The molecular formula is C18H23F2N5O3S2. The maximum atomic E-state index is 13.9. The molecule has 1 aromatic carbocycles. The summed E-state index contributed by atoms with van der Waals surface area (Å²) in [5.74, 6) is -1.48. The van der Waals surface area contributed by atoms with Crippen LogP contribution in [0.25, 0.3) is 0 Å². The molecular weight excluding hydrogens is 436 g/mol. The minimum Gasteiger partial charge on any atom is -0.394 e. The predicted molar refractivity (Wildman–Crippen MR) is 111 cm³/mol. The van der Waals surface area contributed by atoms with Gasteiger partial charge in [-0.25, -0.2) is 18.7 Å². The first-order valence-corrected chi connectivity index (χ1v) is 11.8. The van der Waals surface area contributed by atoms with Crippen LogP contribution in [0.5, 0.6) is 0 Å². The van der Waals surface area contributed by atoms with Crippen molar-refractivity contribution in [3.8, 4) is 0 Å². The summed E-state index contributed by atoms with van der Waals surface area (Å²) in [6, 6.07) is 4.99. The lowest BCUT2D eigenvalue weighted by Crippen LogP contribution is -2.33. The molecule has 3 N–H and O–H groups in total. The van der Waals surface area contributed by atoms with Gasteiger partial charge in [-0.2, -0.15) is 12.7 Å². The summed E-state index contributed by atoms with van der Waals surface area (Å²) in [4.78, 5) is 8.49. The van der Waals surface area contributed by atoms with E-state index in [0.29, 0.717) is 18.9 Å². The van der Waals surface area contributed by atoms with Gasteiger partial charge in [0.15, 0.2) is 16.8 Å². The monoisotopic (exact) mass is 459 g/mol. The van der Waals surface area contributed by atoms with Gasteiger partial charge in [-0.15, -0.1) is 0 Å². The van der Waals surface area contributed by atoms with Crippen molar-refractivity contribution in [2.45, 2.75) is 36.7 Å². The van der Waals surface area contributed by atoms with Crippen molar-refractivity contribution < 1.29 is 22.3 Å². The number of aliphatic hydroxyl groups is 1. The number of thioether (sulfide) groups is 1. The Hall–Kier alpha value is -2.02. The molecule has 0 bridgehead atoms. The average Bonchev–Trinajstić information content (AvgIpc) is 3.24. The van der Waals surface area contributed by atoms with Gasteiger partial charge in [0.25, 0.3) is 0 Å². The Balaban J connectivity index is 1.83. The van der Waals surface area contributed by atoms with Gasteiger partial charge in [-0.05, 0) is 25.8 Å². The van der Waals surface area contributed by atoms with Gasteiger partial charge in [0, 0.05) is 36.5 Å². The summed E-state index contributed by atoms with van der Waals surface area (Å²) in [7, 11) is -3.76. The van der Waals surface area contributed by atoms with Crippen LogP contribution in [0.3, 0.4) is 0 Å². The molecule has 1 atom stereocenters. The van der Waals surface area contributed by atoms with Gasteiger partial charge in [0.05, 0.1) is 6.61 Å². The Labute approximate surface area is 178 Å². The van der Waals surface area contributed by atoms with E-state index in [1.165, 1.54) is 22.5 Å². The highest BCUT2D eigenvalue weighted by Crippen LogP contribution is 2.26. The van der Waals surface area contributed by atoms with Crippen molar-refractivity contribution in [1.82, 2.24) is 14.3 Å². The van der Waals surface area contributed by atoms with Gasteiger partial charge in [0.2, 0.25) is 0 Å². The summed E-state index contributed by atoms with van der Waals surface area (Å²) in [6.45, 7) is 2.45. The molecule has 1 aliphatic heterocycles. The maximum Gasteiger partial charge on any atom is 0.302 e. The molecule has 1 aliphatic rings. The molecule has 2 heterocycles. The molecule has 0 aliphatic carbocycles. The van der Waals surface area contributed by atoms with Crippen molar-refractivity contribution in [3.63, 3.8) is 0 Å². The van der Waals surface area contributed by atoms with Crippen LogP contribution in [-0.2, 0) is 16.0 Å². The second-order valence-corrected chi connectivity index (χ2v) is 9.48. The van der Waals surface area contributed by atoms with E-state index < -0.39 is 21.8 Å². The summed E-state index contributed by atoms with van der Waals surface area (Å²) in [5, 5.41) is 12.4. The van der Waals surface area contributed by atoms with Crippen LogP contribution in [0.1, 0.15) is 25.3 Å². The molecule has 2 aromatic rings. The Bertz CT molecular complexity index is 988. The van der Waals surface area contributed by atoms with Gasteiger partial charge in [0.1, 0.15) is 11.6 Å². The topological polar surface area (TPSA) is 107 Å². The van der Waals surface area contributed by atoms with Gasteiger partial charge >= 0.3 is 10.2 Å². The normalized spacial score (nSPS) is 15.9. The average molecular weight is 460 g/mol. The number of nitrogens with one attached hydrogen (secondary N) is 2. The second-order valence-electron chi connectivity index (χ2n) is 6.86. The lowest BCUT2D eigenvalue weighted by Gasteiger charge is -2.18. The molecule has 0 spiro atoms. The molecule has 8 nitrogen and oxygen atoms in total. The second kappa shape index (κ2) is 9.86. The van der Waals surface area contributed by atoms with Crippen molar-refractivity contribution in [1.29, 1.82) is 0 Å². The van der Waals surface area contributed by atoms with Crippen LogP contribution >= 0.6 is 11.8 Å². The smallest absolute Gasteiger partial charge is 0.302 e. The Morgan fingerprint density at radius 2 is 1.93 bits per heavy atom. The van der Waals surface area contributed by atoms with Crippen LogP contribution in [0.4, 0.5) is 20.4 Å². The fourth-order valence-corrected chi connectivity index (χ4v) is 4.91. The fraction of sp³-hybridized carbons (Fsp3) is 0.444. The third kappa shape index (κ3) is 5.78. The van der Waals surface area contributed by atoms with E-state index in [2.05, 4.69) is 20.0 Å². The largest absolute Gasteiger partial charge is 0.394 e. The highest BCUT2D eigenvalue weighted by molar-refractivity contribution is 7.98. The van der Waals surface area contributed by atoms with Crippen LogP contribution in [0.2, 0.25) is 0 Å². The van der Waals surface area contributed by atoms with Crippen molar-refractivity contribution in [2.24, 2.45) is 0 Å². The van der Waals surface area contributed by atoms with E-state index in [9.17, 15) is 22.3 Å². The summed E-state index contributed by atoms with van der Waals surface area (Å²) in [5.41, 5.74) is 0.143. The van der Waals surface area contributed by atoms with Crippen LogP contribution in [0.15, 0.2) is 29.4 Å². The molecule has 0 saturated carbocycles. The van der Waals surface area contributed by atoms with E-state index in [-0.39, 0.29) is 34.9 Å². The summed E-state index contributed by atoms with van der Waals surface area (Å²) < 4.78 is 56.2. The summed E-state index contributed by atoms with van der Waals surface area (Å²) in [6.07, 6.45) is 1.59. The van der Waals surface area contributed by atoms with E-state index in [4.69, 9.17) is 0 Å². The Morgan fingerprint density at radius 3 is 2.63 bits per heavy atom. The van der Waals surface area contributed by atoms with Gasteiger partial charge in [-0.1, -0.05) is 23.9 Å². The van der Waals surface area contributed by atoms with Gasteiger partial charge in [-0.3, -0.25) is 4.72 Å². The zero-order valence-corrected chi connectivity index (χ0v) is 17.9. The number of halogens is 2. The highest BCUT2D eigenvalue weighted by Gasteiger charge is 2.26. The zero-order chi connectivity index (χ0) is 21.7. The number of anilines is 2. The quantitative estimate of drug-likeness (QED) is 0.391. The van der Waals surface area contributed by atoms with E-state index in [1.807, 2.05) is 0 Å². The molecule has 0 radical (unpaired) electrons. The standard InChI is InChI=1S/C18H23F2N5O3S2/c1-12(10-26)21-15-9-16(24-30(27,28)25-7-2-3-8-25)23-18(22-15)29-11-13-5-4-6-14(19)17(13)20/h4-6,9,12,26H,2-3,7-8,10-11H2,1H3,(H2,21,22,23,24)/t12-/m1/s1. The maximum absolute atomic E-state index is 13.9. The SMILES string of the molecule is C[C@H](CO)Nc1cc(NS(=O)(=O)N2CCCC2)nc(SCc2cccc(F)c2F)n1. The van der Waals surface area contributed by atoms with Gasteiger partial charge < -0.3 is 10.4 Å². The number of aromatic nitrogens is 2. The van der Waals surface area contributed by atoms with Crippen molar-refractivity contribution in [2.75, 3.05) is 29.7 Å². The van der Waals surface area contributed by atoms with Crippen LogP contribution in [0, 0.1) is 11.6 Å². The molecule has 12 heteroatoms. The first-order valence-electron chi connectivity index (χ1n) is 9.38. The first-order chi connectivity index (χ1) is 14.3. The summed E-state index contributed by atoms with van der Waals surface area (Å²) >= 11 is 1.04. The third-order valence-electron chi connectivity index (χ3n) is 4.40. The van der Waals surface area contributed by atoms with E-state index >= 15 is 0 Å². The van der Waals surface area contributed by atoms with E-state index in [0.717, 1.165) is 30.7 Å². The lowest BCUT2D eigenvalue weighted by molar-refractivity contribution is 0.281. The minimum atomic E-state index is -3.76. The fourth-order valence-electron chi connectivity index (χ4n) is 2.84. The third-order valence-corrected chi connectivity index (χ3v) is 6.81. The van der Waals surface area contributed by atoms with Crippen molar-refractivity contribution in [3.05, 3.63) is 41.5 Å². The molecule has 0 unspecified atom stereocenters. The number of hydrogen-bond donors (Lipinski definition) is 3. The number of nitrogens with zero attached hydrogens (tertiary/aromatic N) is 3. The van der Waals surface area contributed by atoms with Crippen LogP contribution in [-0.4, -0.2) is 53.5 Å². The van der Waals surface area contributed by atoms with Crippen LogP contribution < -0.4 is 10.0 Å². The molecule has 1 aromatic heterocycles. The first kappa shape index (κ1) is 22.7. The number of hydrogen-bond acceptors (Lipinski definition) is 7. The molecule has 0 amide bonds. The Kier molecular flexibility index (Phi) is 7.45. The number of rotatable bonds is 9. The Morgan fingerprint density at radius 1 is 1.23 bits per heavy atom. The lowest BCUT2D eigenvalue weighted by atomic mass is 10.2. The zero-order valence-electron chi connectivity index (χ0n) is 16.3. The molecule has 30 heavy (non-hydrogen) atoms. The van der Waals surface area contributed by atoms with E-state index in [1.54, 1.807) is 6.92 Å². The molecule has 3 rings (SSSR count). The number of aliphatic hydroxyl groups excluding tert-OH is 1. The van der Waals surface area contributed by atoms with Crippen molar-refractivity contribution >= 4 is 33.6 Å². The molecule has 1 saturated heterocycles.